The molecule has 206 valence electrons. The molecule has 7 nitrogen and oxygen atoms in total. The van der Waals surface area contributed by atoms with Gasteiger partial charge < -0.3 is 16.4 Å². The van der Waals surface area contributed by atoms with Crippen LogP contribution in [0.1, 0.15) is 89.8 Å². The predicted octanol–water partition coefficient (Wildman–Crippen LogP) is 5.47. The average Bonchev–Trinajstić information content (AvgIpc) is 2.90. The summed E-state index contributed by atoms with van der Waals surface area (Å²) >= 11 is 0. The molecule has 0 atom stereocenters. The molecule has 2 aromatic carbocycles. The number of carbonyl (C=O) groups excluding carboxylic acids is 2. The van der Waals surface area contributed by atoms with Crippen molar-refractivity contribution >= 4 is 23.2 Å². The standard InChI is InChI=1S/C31H38FN5O2/c1-19(2)28-24(31(34)39)8-10-26(29(28)20(3)4)37(27-16-22(30(33)38)7-9-25(27)32)23-11-14-36(15-12-23)18-21-6-5-13-35-17-21/h5-10,13,16-17,19-20,23H,11-12,14-15,18H2,1-4H3,(H2,33,38)(H2,34,39). The van der Waals surface area contributed by atoms with Crippen LogP contribution in [0.15, 0.2) is 54.9 Å². The Bertz CT molecular complexity index is 1330. The third kappa shape index (κ3) is 6.11. The summed E-state index contributed by atoms with van der Waals surface area (Å²) in [6.07, 6.45) is 5.22. The Morgan fingerprint density at radius 2 is 1.67 bits per heavy atom. The third-order valence-corrected chi connectivity index (χ3v) is 7.49. The van der Waals surface area contributed by atoms with E-state index in [1.807, 2.05) is 37.1 Å². The number of hydrogen-bond acceptors (Lipinski definition) is 5. The summed E-state index contributed by atoms with van der Waals surface area (Å²) < 4.78 is 15.6. The van der Waals surface area contributed by atoms with Gasteiger partial charge in [-0.2, -0.15) is 0 Å². The Morgan fingerprint density at radius 3 is 2.23 bits per heavy atom. The van der Waals surface area contributed by atoms with Crippen LogP contribution >= 0.6 is 0 Å². The minimum atomic E-state index is -0.612. The van der Waals surface area contributed by atoms with E-state index in [4.69, 9.17) is 11.5 Å². The Morgan fingerprint density at radius 1 is 0.974 bits per heavy atom. The first kappa shape index (κ1) is 28.2. The van der Waals surface area contributed by atoms with Crippen LogP contribution in [0.3, 0.4) is 0 Å². The molecule has 1 fully saturated rings. The summed E-state index contributed by atoms with van der Waals surface area (Å²) in [4.78, 5) is 33.1. The van der Waals surface area contributed by atoms with Gasteiger partial charge in [-0.1, -0.05) is 33.8 Å². The average molecular weight is 532 g/mol. The summed E-state index contributed by atoms with van der Waals surface area (Å²) in [6, 6.07) is 11.8. The molecule has 3 aromatic rings. The van der Waals surface area contributed by atoms with Crippen molar-refractivity contribution in [1.29, 1.82) is 0 Å². The van der Waals surface area contributed by atoms with Crippen LogP contribution < -0.4 is 16.4 Å². The fraction of sp³-hybridized carbons (Fsp3) is 0.387. The molecule has 0 spiro atoms. The van der Waals surface area contributed by atoms with Crippen molar-refractivity contribution in [2.24, 2.45) is 11.5 Å². The Hall–Kier alpha value is -3.78. The maximum atomic E-state index is 15.6. The lowest BCUT2D eigenvalue weighted by Crippen LogP contribution is -2.43. The van der Waals surface area contributed by atoms with Crippen LogP contribution in [0.5, 0.6) is 0 Å². The van der Waals surface area contributed by atoms with Crippen LogP contribution in [0.25, 0.3) is 0 Å². The molecule has 1 aliphatic heterocycles. The molecule has 0 radical (unpaired) electrons. The van der Waals surface area contributed by atoms with Crippen molar-refractivity contribution < 1.29 is 14.0 Å². The second kappa shape index (κ2) is 11.9. The highest BCUT2D eigenvalue weighted by Crippen LogP contribution is 2.43. The molecule has 39 heavy (non-hydrogen) atoms. The number of carbonyl (C=O) groups is 2. The van der Waals surface area contributed by atoms with E-state index in [2.05, 4.69) is 29.8 Å². The number of amides is 2. The number of primary amides is 2. The number of halogens is 1. The zero-order valence-electron chi connectivity index (χ0n) is 23.2. The van der Waals surface area contributed by atoms with Gasteiger partial charge in [0.15, 0.2) is 0 Å². The van der Waals surface area contributed by atoms with Crippen molar-refractivity contribution in [3.8, 4) is 0 Å². The second-order valence-corrected chi connectivity index (χ2v) is 10.9. The number of likely N-dealkylation sites (tertiary alicyclic amines) is 1. The number of benzene rings is 2. The first-order chi connectivity index (χ1) is 18.6. The van der Waals surface area contributed by atoms with Crippen molar-refractivity contribution in [3.05, 3.63) is 88.5 Å². The van der Waals surface area contributed by atoms with Gasteiger partial charge in [-0.25, -0.2) is 4.39 Å². The van der Waals surface area contributed by atoms with E-state index >= 15 is 4.39 Å². The molecular weight excluding hydrogens is 493 g/mol. The molecule has 4 rings (SSSR count). The lowest BCUT2D eigenvalue weighted by Gasteiger charge is -2.42. The molecule has 1 aliphatic rings. The van der Waals surface area contributed by atoms with Gasteiger partial charge in [0.1, 0.15) is 5.82 Å². The molecule has 0 bridgehead atoms. The van der Waals surface area contributed by atoms with Crippen LogP contribution in [0.4, 0.5) is 15.8 Å². The molecule has 1 saturated heterocycles. The van der Waals surface area contributed by atoms with E-state index in [1.54, 1.807) is 18.3 Å². The number of nitrogens with two attached hydrogens (primary N) is 2. The monoisotopic (exact) mass is 531 g/mol. The van der Waals surface area contributed by atoms with Crippen LogP contribution in [0.2, 0.25) is 0 Å². The van der Waals surface area contributed by atoms with E-state index in [-0.39, 0.29) is 23.4 Å². The molecule has 2 heterocycles. The van der Waals surface area contributed by atoms with Crippen LogP contribution in [-0.4, -0.2) is 40.8 Å². The molecule has 0 aliphatic carbocycles. The van der Waals surface area contributed by atoms with Gasteiger partial charge in [-0.15, -0.1) is 0 Å². The predicted molar refractivity (Wildman–Crippen MR) is 153 cm³/mol. The van der Waals surface area contributed by atoms with E-state index < -0.39 is 17.6 Å². The number of hydrogen-bond donors (Lipinski definition) is 2. The lowest BCUT2D eigenvalue weighted by molar-refractivity contribution is 0.0991. The SMILES string of the molecule is CC(C)c1c(C(N)=O)ccc(N(c2cc(C(N)=O)ccc2F)C2CCN(Cc3cccnc3)CC2)c1C(C)C. The molecule has 4 N–H and O–H groups in total. The van der Waals surface area contributed by atoms with Crippen molar-refractivity contribution in [2.75, 3.05) is 18.0 Å². The molecular formula is C31H38FN5O2. The fourth-order valence-electron chi connectivity index (χ4n) is 5.74. The maximum Gasteiger partial charge on any atom is 0.248 e. The Labute approximate surface area is 230 Å². The zero-order chi connectivity index (χ0) is 28.3. The van der Waals surface area contributed by atoms with Gasteiger partial charge in [0.05, 0.1) is 5.69 Å². The van der Waals surface area contributed by atoms with E-state index in [0.29, 0.717) is 11.3 Å². The lowest BCUT2D eigenvalue weighted by atomic mass is 9.84. The van der Waals surface area contributed by atoms with E-state index in [1.165, 1.54) is 12.1 Å². The van der Waals surface area contributed by atoms with Gasteiger partial charge in [-0.3, -0.25) is 19.5 Å². The Balaban J connectivity index is 1.82. The number of rotatable bonds is 9. The van der Waals surface area contributed by atoms with Gasteiger partial charge >= 0.3 is 0 Å². The summed E-state index contributed by atoms with van der Waals surface area (Å²) in [6.45, 7) is 10.6. The number of anilines is 2. The van der Waals surface area contributed by atoms with Gasteiger partial charge in [0, 0.05) is 54.9 Å². The first-order valence-corrected chi connectivity index (χ1v) is 13.5. The minimum Gasteiger partial charge on any atom is -0.366 e. The summed E-state index contributed by atoms with van der Waals surface area (Å²) in [5, 5.41) is 0. The summed E-state index contributed by atoms with van der Waals surface area (Å²) in [7, 11) is 0. The Kier molecular flexibility index (Phi) is 8.65. The highest BCUT2D eigenvalue weighted by molar-refractivity contribution is 5.96. The van der Waals surface area contributed by atoms with Crippen molar-refractivity contribution in [3.63, 3.8) is 0 Å². The minimum absolute atomic E-state index is 0.0230. The highest BCUT2D eigenvalue weighted by atomic mass is 19.1. The van der Waals surface area contributed by atoms with E-state index in [0.717, 1.165) is 54.9 Å². The summed E-state index contributed by atoms with van der Waals surface area (Å²) in [5.41, 5.74) is 16.2. The topological polar surface area (TPSA) is 106 Å². The van der Waals surface area contributed by atoms with Crippen LogP contribution in [-0.2, 0) is 6.54 Å². The fourth-order valence-corrected chi connectivity index (χ4v) is 5.74. The normalized spacial score (nSPS) is 14.6. The quantitative estimate of drug-likeness (QED) is 0.381. The first-order valence-electron chi connectivity index (χ1n) is 13.5. The number of pyridine rings is 1. The number of aromatic nitrogens is 1. The van der Waals surface area contributed by atoms with Crippen molar-refractivity contribution in [2.45, 2.75) is 65.0 Å². The van der Waals surface area contributed by atoms with E-state index in [9.17, 15) is 9.59 Å². The summed E-state index contributed by atoms with van der Waals surface area (Å²) in [5.74, 6) is -1.47. The molecule has 2 amide bonds. The zero-order valence-corrected chi connectivity index (χ0v) is 23.2. The van der Waals surface area contributed by atoms with Crippen molar-refractivity contribution in [1.82, 2.24) is 9.88 Å². The molecule has 0 saturated carbocycles. The maximum absolute atomic E-state index is 15.6. The van der Waals surface area contributed by atoms with Gasteiger partial charge in [-0.05, 0) is 77.8 Å². The second-order valence-electron chi connectivity index (χ2n) is 10.9. The molecule has 8 heteroatoms. The van der Waals surface area contributed by atoms with Crippen LogP contribution in [0, 0.1) is 5.82 Å². The smallest absolute Gasteiger partial charge is 0.248 e. The highest BCUT2D eigenvalue weighted by Gasteiger charge is 2.32. The van der Waals surface area contributed by atoms with Gasteiger partial charge in [0.25, 0.3) is 0 Å². The molecule has 1 aromatic heterocycles. The van der Waals surface area contributed by atoms with Gasteiger partial charge in [0.2, 0.25) is 11.8 Å². The third-order valence-electron chi connectivity index (χ3n) is 7.49. The number of nitrogens with zero attached hydrogens (tertiary/aromatic N) is 3. The number of piperidine rings is 1. The largest absolute Gasteiger partial charge is 0.366 e. The molecule has 0 unspecified atom stereocenters.